The molecule has 5 aliphatic heterocycles. The number of hydrogen-bond donors (Lipinski definition) is 8. The van der Waals surface area contributed by atoms with Crippen molar-refractivity contribution in [1.29, 1.82) is 0 Å². The van der Waals surface area contributed by atoms with Gasteiger partial charge in [0.05, 0.1) is 51.0 Å². The number of aromatic nitrogens is 1. The second-order valence-corrected chi connectivity index (χ2v) is 28.5. The van der Waals surface area contributed by atoms with Crippen molar-refractivity contribution in [2.75, 3.05) is 33.2 Å². The molecule has 9 aliphatic rings. The minimum absolute atomic E-state index is 0.00820. The van der Waals surface area contributed by atoms with Gasteiger partial charge in [0.15, 0.2) is 11.5 Å². The number of hydrogen-bond acceptors (Lipinski definition) is 12. The van der Waals surface area contributed by atoms with E-state index in [4.69, 9.17) is 18.9 Å². The lowest BCUT2D eigenvalue weighted by atomic mass is 9.45. The molecular formula is C78H93N3O10. The number of phenolic OH excluding ortho intramolecular Hbond substituents is 3. The Bertz CT molecular complexity index is 3770. The topological polar surface area (TPSA) is 187 Å². The summed E-state index contributed by atoms with van der Waals surface area (Å²) in [6, 6.07) is 26.9. The Balaban J connectivity index is 0.934. The summed E-state index contributed by atoms with van der Waals surface area (Å²) < 4.78 is 30.3. The summed E-state index contributed by atoms with van der Waals surface area (Å²) in [5.41, 5.74) is 13.5. The maximum Gasteiger partial charge on any atom is 0.165 e. The summed E-state index contributed by atoms with van der Waals surface area (Å²) in [4.78, 5) is 0. The van der Waals surface area contributed by atoms with Crippen LogP contribution < -0.4 is 15.4 Å². The van der Waals surface area contributed by atoms with Crippen molar-refractivity contribution in [2.24, 2.45) is 29.6 Å². The Morgan fingerprint density at radius 2 is 1.68 bits per heavy atom. The standard InChI is InChI=1S/C78H93N3O10/c1-48(2)30-57-34-56-37-65-59(43-83)38-70(87)75(73(57)65)90-44-60-36-62(78-61-23-21-52-12-8-13-53(74(52)78)22-25-71(78)77(91-45-61)26-4-3-5-27-77)35-58-41-81(42-66(58)60)76-67-46-89-64(40-69(56)86)15-7-10-49(18-20-54(67)39-72(80-76)79-47-88-29-9-28-82)16-17-50-19-24-68(85)55(31-50)32-51-11-6-14-63(84)33-51/h6,8,11-14,19,24,31,33,35-36,38-39,41-42,48-49,56-57,61,64,69,71-72,79-80,82-87H,3-5,7,9-10,15-17,21-23,25-30,32,34,37,40,43-47H2,1-2H3/t49-,56-,57+,61-,64+,69+,71+,72?,78+/m1/s1. The lowest BCUT2D eigenvalue weighted by Crippen LogP contribution is -2.64. The first-order chi connectivity index (χ1) is 44.4. The average Bonchev–Trinajstić information content (AvgIpc) is 0.953. The van der Waals surface area contributed by atoms with Gasteiger partial charge in [0.25, 0.3) is 0 Å². The molecule has 8 bridgehead atoms. The predicted molar refractivity (Wildman–Crippen MR) is 354 cm³/mol. The maximum atomic E-state index is 12.8. The average molecular weight is 1230 g/mol. The number of nitrogens with zero attached hydrogens (tertiary/aromatic N) is 1. The molecule has 1 unspecified atom stereocenters. The highest BCUT2D eigenvalue weighted by Gasteiger charge is 2.63. The van der Waals surface area contributed by atoms with E-state index >= 15 is 0 Å². The lowest BCUT2D eigenvalue weighted by molar-refractivity contribution is -0.193. The molecule has 6 heterocycles. The molecule has 0 amide bonds. The van der Waals surface area contributed by atoms with Gasteiger partial charge < -0.3 is 59.5 Å². The van der Waals surface area contributed by atoms with Crippen LogP contribution in [-0.2, 0) is 64.9 Å². The largest absolute Gasteiger partial charge is 0.508 e. The molecule has 0 radical (unpaired) electrons. The molecule has 480 valence electrons. The number of nitrogens with one attached hydrogen (secondary N) is 2. The van der Waals surface area contributed by atoms with Crippen molar-refractivity contribution in [3.63, 3.8) is 0 Å². The first kappa shape index (κ1) is 61.9. The molecule has 1 saturated carbocycles. The van der Waals surface area contributed by atoms with Crippen LogP contribution in [0.15, 0.2) is 108 Å². The van der Waals surface area contributed by atoms with Gasteiger partial charge in [0, 0.05) is 70.2 Å². The van der Waals surface area contributed by atoms with Gasteiger partial charge in [0.1, 0.15) is 30.1 Å². The zero-order valence-electron chi connectivity index (χ0n) is 53.3. The van der Waals surface area contributed by atoms with Crippen LogP contribution in [0.2, 0.25) is 0 Å². The molecular weight excluding hydrogens is 1140 g/mol. The van der Waals surface area contributed by atoms with Gasteiger partial charge in [-0.15, -0.1) is 0 Å². The monoisotopic (exact) mass is 1230 g/mol. The fourth-order valence-corrected chi connectivity index (χ4v) is 18.3. The van der Waals surface area contributed by atoms with Gasteiger partial charge in [-0.05, 0) is 218 Å². The molecule has 8 N–H and O–H groups in total. The number of aliphatic hydroxyl groups excluding tert-OH is 3. The fraction of sp³-hybridized carbons (Fsp3) is 0.513. The van der Waals surface area contributed by atoms with Gasteiger partial charge in [-0.2, -0.15) is 0 Å². The molecule has 13 heteroatoms. The van der Waals surface area contributed by atoms with Gasteiger partial charge in [-0.3, -0.25) is 5.32 Å². The van der Waals surface area contributed by atoms with E-state index in [1.807, 2.05) is 18.2 Å². The summed E-state index contributed by atoms with van der Waals surface area (Å²) in [5.74, 6) is 10.1. The van der Waals surface area contributed by atoms with Crippen molar-refractivity contribution in [3.8, 4) is 34.8 Å². The van der Waals surface area contributed by atoms with Crippen LogP contribution >= 0.6 is 0 Å². The van der Waals surface area contributed by atoms with Crippen LogP contribution in [0, 0.1) is 41.4 Å². The second-order valence-electron chi connectivity index (χ2n) is 28.5. The summed E-state index contributed by atoms with van der Waals surface area (Å²) in [7, 11) is 0. The Kier molecular flexibility index (Phi) is 18.0. The van der Waals surface area contributed by atoms with Gasteiger partial charge in [-0.25, -0.2) is 0 Å². The molecule has 5 aromatic carbocycles. The van der Waals surface area contributed by atoms with Gasteiger partial charge in [0.2, 0.25) is 0 Å². The number of aliphatic hydroxyl groups is 3. The van der Waals surface area contributed by atoms with Crippen molar-refractivity contribution in [2.45, 2.75) is 191 Å². The Morgan fingerprint density at radius 3 is 2.51 bits per heavy atom. The van der Waals surface area contributed by atoms with Crippen molar-refractivity contribution in [1.82, 2.24) is 15.2 Å². The molecule has 6 aromatic rings. The maximum absolute atomic E-state index is 12.8. The summed E-state index contributed by atoms with van der Waals surface area (Å²) in [5, 5.41) is 76.8. The number of aromatic hydroxyl groups is 3. The highest BCUT2D eigenvalue weighted by Crippen LogP contribution is 2.64. The number of phenols is 3. The smallest absolute Gasteiger partial charge is 0.165 e. The van der Waals surface area contributed by atoms with E-state index < -0.39 is 12.3 Å². The van der Waals surface area contributed by atoms with Crippen LogP contribution in [0.4, 0.5) is 0 Å². The summed E-state index contributed by atoms with van der Waals surface area (Å²) in [6.07, 6.45) is 22.6. The van der Waals surface area contributed by atoms with Crippen LogP contribution in [0.1, 0.15) is 177 Å². The van der Waals surface area contributed by atoms with Crippen LogP contribution in [0.3, 0.4) is 0 Å². The zero-order chi connectivity index (χ0) is 62.4. The Morgan fingerprint density at radius 1 is 0.835 bits per heavy atom. The van der Waals surface area contributed by atoms with E-state index in [0.29, 0.717) is 55.9 Å². The number of ether oxygens (including phenoxy) is 4. The third-order valence-electron chi connectivity index (χ3n) is 22.4. The highest BCUT2D eigenvalue weighted by atomic mass is 16.5. The number of rotatable bonds is 15. The normalized spacial score (nSPS) is 26.7. The lowest BCUT2D eigenvalue weighted by Gasteiger charge is -2.63. The van der Waals surface area contributed by atoms with Crippen LogP contribution in [0.25, 0.3) is 16.6 Å². The van der Waals surface area contributed by atoms with E-state index in [9.17, 15) is 30.6 Å². The zero-order valence-corrected chi connectivity index (χ0v) is 53.3. The van der Waals surface area contributed by atoms with Crippen molar-refractivity contribution in [3.05, 3.63) is 170 Å². The summed E-state index contributed by atoms with van der Waals surface area (Å²) in [6.45, 7) is 6.10. The van der Waals surface area contributed by atoms with Crippen molar-refractivity contribution >= 4 is 16.6 Å². The number of benzene rings is 5. The molecule has 2 fully saturated rings. The van der Waals surface area contributed by atoms with Gasteiger partial charge >= 0.3 is 0 Å². The number of dihydropyridines is 1. The highest BCUT2D eigenvalue weighted by molar-refractivity contribution is 5.89. The van der Waals surface area contributed by atoms with E-state index in [-0.39, 0.29) is 97.1 Å². The molecule has 1 saturated heterocycles. The van der Waals surface area contributed by atoms with E-state index in [1.165, 1.54) is 41.5 Å². The second kappa shape index (κ2) is 26.4. The Labute approximate surface area is 536 Å². The predicted octanol–water partition coefficient (Wildman–Crippen LogP) is 12.8. The third kappa shape index (κ3) is 12.1. The van der Waals surface area contributed by atoms with E-state index in [0.717, 1.165) is 145 Å². The van der Waals surface area contributed by atoms with Crippen LogP contribution in [0.5, 0.6) is 23.0 Å². The fourth-order valence-electron chi connectivity index (χ4n) is 18.3. The number of fused-ring (bicyclic) bond motifs is 4. The number of aryl methyl sites for hydroxylation is 3. The first-order valence-electron chi connectivity index (χ1n) is 34.4. The van der Waals surface area contributed by atoms with E-state index in [2.05, 4.69) is 95.8 Å². The molecule has 9 atom stereocenters. The molecule has 13 nitrogen and oxygen atoms in total. The molecule has 4 aliphatic carbocycles. The minimum Gasteiger partial charge on any atom is -0.508 e. The SMILES string of the molecule is CC(C)C[C@H]1C[C@@H]2Cc3c(CO)cc(O)c(c31)OCc1cc([C@]34c5c6cccc5CC[C@H]3C3(CCCCC3)OC[C@H]4CC6)cc3cn(cc13)C1=C3CO[C@@H](CCC[C@H](CCc4ccc(O)c(Cc5cccc(O)c5)c4)C#CC3=CC(NCOCCCO)N1)C[C@@H]2O. The molecule has 15 rings (SSSR count). The quantitative estimate of drug-likeness (QED) is 0.0277. The van der Waals surface area contributed by atoms with Crippen LogP contribution in [-0.4, -0.2) is 92.3 Å². The van der Waals surface area contributed by atoms with E-state index in [1.54, 1.807) is 24.3 Å². The van der Waals surface area contributed by atoms with Gasteiger partial charge in [-0.1, -0.05) is 93.5 Å². The summed E-state index contributed by atoms with van der Waals surface area (Å²) >= 11 is 0. The first-order valence-corrected chi connectivity index (χ1v) is 34.4. The third-order valence-corrected chi connectivity index (χ3v) is 22.4. The molecule has 1 aromatic heterocycles. The Hall–Kier alpha value is -6.60. The van der Waals surface area contributed by atoms with Crippen molar-refractivity contribution < 1.29 is 49.6 Å². The minimum atomic E-state index is -0.713. The molecule has 91 heavy (non-hydrogen) atoms. The molecule has 1 spiro atoms.